The van der Waals surface area contributed by atoms with Crippen LogP contribution < -0.4 is 10.6 Å². The first kappa shape index (κ1) is 15.7. The minimum atomic E-state index is 0.512. The van der Waals surface area contributed by atoms with Gasteiger partial charge in [0.2, 0.25) is 5.95 Å². The van der Waals surface area contributed by atoms with Crippen molar-refractivity contribution in [3.05, 3.63) is 41.6 Å². The van der Waals surface area contributed by atoms with Crippen molar-refractivity contribution < 1.29 is 0 Å². The first-order valence-corrected chi connectivity index (χ1v) is 8.56. The van der Waals surface area contributed by atoms with Crippen molar-refractivity contribution in [2.75, 3.05) is 10.6 Å². The number of hydrogen-bond acceptors (Lipinski definition) is 5. The maximum absolute atomic E-state index is 4.55. The molecule has 5 nitrogen and oxygen atoms in total. The van der Waals surface area contributed by atoms with Crippen LogP contribution in [-0.4, -0.2) is 21.2 Å². The quantitative estimate of drug-likeness (QED) is 0.819. The molecule has 5 heteroatoms. The average molecular weight is 311 g/mol. The molecule has 3 rings (SSSR count). The summed E-state index contributed by atoms with van der Waals surface area (Å²) in [5.41, 5.74) is 2.51. The zero-order valence-corrected chi connectivity index (χ0v) is 13.8. The Morgan fingerprint density at radius 2 is 1.87 bits per heavy atom. The normalized spacial score (nSPS) is 15.9. The maximum Gasteiger partial charge on any atom is 0.244 e. The summed E-state index contributed by atoms with van der Waals surface area (Å²) < 4.78 is 0. The lowest BCUT2D eigenvalue weighted by molar-refractivity contribution is 0.616. The number of nitrogens with zero attached hydrogens (tertiary/aromatic N) is 3. The van der Waals surface area contributed by atoms with Gasteiger partial charge in [0.15, 0.2) is 5.82 Å². The molecule has 1 aliphatic rings. The average Bonchev–Trinajstić information content (AvgIpc) is 2.83. The molecule has 0 saturated heterocycles. The molecule has 122 valence electrons. The molecule has 1 aromatic heterocycles. The molecule has 0 spiro atoms. The number of nitrogens with one attached hydrogen (secondary N) is 2. The van der Waals surface area contributed by atoms with Gasteiger partial charge in [0, 0.05) is 12.6 Å². The highest BCUT2D eigenvalue weighted by Crippen LogP contribution is 2.20. The number of hydrogen-bond donors (Lipinski definition) is 2. The van der Waals surface area contributed by atoms with Crippen molar-refractivity contribution >= 4 is 11.8 Å². The summed E-state index contributed by atoms with van der Waals surface area (Å²) in [6.07, 6.45) is 9.45. The topological polar surface area (TPSA) is 62.7 Å². The van der Waals surface area contributed by atoms with E-state index in [2.05, 4.69) is 44.9 Å². The Balaban J connectivity index is 1.59. The van der Waals surface area contributed by atoms with Gasteiger partial charge in [0.1, 0.15) is 0 Å². The van der Waals surface area contributed by atoms with Crippen molar-refractivity contribution in [1.29, 1.82) is 0 Å². The molecule has 1 aliphatic carbocycles. The maximum atomic E-state index is 4.55. The van der Waals surface area contributed by atoms with Gasteiger partial charge in [0.05, 0.1) is 6.20 Å². The Labute approximate surface area is 137 Å². The van der Waals surface area contributed by atoms with Crippen LogP contribution in [0.1, 0.15) is 49.7 Å². The number of aryl methyl sites for hydroxylation is 1. The predicted octanol–water partition coefficient (Wildman–Crippen LogP) is 3.93. The van der Waals surface area contributed by atoms with Gasteiger partial charge in [-0.2, -0.15) is 10.1 Å². The van der Waals surface area contributed by atoms with Crippen LogP contribution in [0.3, 0.4) is 0 Å². The minimum absolute atomic E-state index is 0.512. The largest absolute Gasteiger partial charge is 0.366 e. The fourth-order valence-corrected chi connectivity index (χ4v) is 3.06. The van der Waals surface area contributed by atoms with Crippen LogP contribution >= 0.6 is 0 Å². The van der Waals surface area contributed by atoms with E-state index in [4.69, 9.17) is 0 Å². The van der Waals surface area contributed by atoms with Crippen molar-refractivity contribution in [3.63, 3.8) is 0 Å². The third-order valence-electron chi connectivity index (χ3n) is 4.46. The second kappa shape index (κ2) is 7.90. The van der Waals surface area contributed by atoms with Gasteiger partial charge in [0.25, 0.3) is 0 Å². The molecule has 1 fully saturated rings. The highest BCUT2D eigenvalue weighted by atomic mass is 15.3. The molecule has 23 heavy (non-hydrogen) atoms. The van der Waals surface area contributed by atoms with Crippen LogP contribution in [0.4, 0.5) is 11.8 Å². The van der Waals surface area contributed by atoms with Crippen molar-refractivity contribution in [1.82, 2.24) is 15.2 Å². The van der Waals surface area contributed by atoms with Crippen LogP contribution in [0.5, 0.6) is 0 Å². The molecule has 2 aromatic rings. The fraction of sp³-hybridized carbons (Fsp3) is 0.500. The second-order valence-corrected chi connectivity index (χ2v) is 6.28. The molecular formula is C18H25N5. The summed E-state index contributed by atoms with van der Waals surface area (Å²) >= 11 is 0. The second-order valence-electron chi connectivity index (χ2n) is 6.28. The molecule has 0 amide bonds. The van der Waals surface area contributed by atoms with Crippen LogP contribution in [0, 0.1) is 6.92 Å². The standard InChI is InChI=1S/C18H25N5/c1-14-8-6-7-9-15(14)12-19-18-22-17(13-20-23-18)21-16-10-4-2-3-5-11-16/h6-9,13,16H,2-5,10-12H2,1H3,(H2,19,21,22,23). The first-order chi connectivity index (χ1) is 11.3. The van der Waals surface area contributed by atoms with Crippen LogP contribution in [0.15, 0.2) is 30.5 Å². The van der Waals surface area contributed by atoms with E-state index in [-0.39, 0.29) is 0 Å². The van der Waals surface area contributed by atoms with Gasteiger partial charge < -0.3 is 10.6 Å². The van der Waals surface area contributed by atoms with E-state index < -0.39 is 0 Å². The minimum Gasteiger partial charge on any atom is -0.366 e. The van der Waals surface area contributed by atoms with Crippen LogP contribution in [0.2, 0.25) is 0 Å². The van der Waals surface area contributed by atoms with Crippen molar-refractivity contribution in [2.45, 2.75) is 58.0 Å². The molecule has 1 heterocycles. The molecule has 1 saturated carbocycles. The first-order valence-electron chi connectivity index (χ1n) is 8.56. The molecule has 1 aromatic carbocycles. The van der Waals surface area contributed by atoms with Gasteiger partial charge in [-0.3, -0.25) is 0 Å². The van der Waals surface area contributed by atoms with Gasteiger partial charge in [-0.25, -0.2) is 0 Å². The molecule has 2 N–H and O–H groups in total. The van der Waals surface area contributed by atoms with Gasteiger partial charge in [-0.05, 0) is 30.9 Å². The summed E-state index contributed by atoms with van der Waals surface area (Å²) in [7, 11) is 0. The summed E-state index contributed by atoms with van der Waals surface area (Å²) in [5.74, 6) is 1.39. The van der Waals surface area contributed by atoms with E-state index in [0.29, 0.717) is 18.5 Å². The molecule has 0 bridgehead atoms. The van der Waals surface area contributed by atoms with E-state index in [1.807, 2.05) is 12.1 Å². The number of benzene rings is 1. The Morgan fingerprint density at radius 3 is 2.65 bits per heavy atom. The Bertz CT molecular complexity index is 620. The van der Waals surface area contributed by atoms with Crippen LogP contribution in [-0.2, 0) is 6.54 Å². The Kier molecular flexibility index (Phi) is 5.40. The highest BCUT2D eigenvalue weighted by Gasteiger charge is 2.13. The monoisotopic (exact) mass is 311 g/mol. The highest BCUT2D eigenvalue weighted by molar-refractivity contribution is 5.39. The van der Waals surface area contributed by atoms with Gasteiger partial charge in [-0.1, -0.05) is 49.9 Å². The zero-order chi connectivity index (χ0) is 15.9. The van der Waals surface area contributed by atoms with E-state index in [9.17, 15) is 0 Å². The predicted molar refractivity (Wildman–Crippen MR) is 93.4 cm³/mol. The van der Waals surface area contributed by atoms with Gasteiger partial charge in [-0.15, -0.1) is 5.10 Å². The summed E-state index contributed by atoms with van der Waals surface area (Å²) in [5, 5.41) is 14.9. The van der Waals surface area contributed by atoms with Crippen molar-refractivity contribution in [3.8, 4) is 0 Å². The number of anilines is 2. The van der Waals surface area contributed by atoms with E-state index in [0.717, 1.165) is 5.82 Å². The van der Waals surface area contributed by atoms with E-state index in [1.54, 1.807) is 6.20 Å². The lowest BCUT2D eigenvalue weighted by Crippen LogP contribution is -2.19. The smallest absolute Gasteiger partial charge is 0.244 e. The summed E-state index contributed by atoms with van der Waals surface area (Å²) in [6, 6.07) is 8.84. The van der Waals surface area contributed by atoms with Gasteiger partial charge >= 0.3 is 0 Å². The molecule has 0 unspecified atom stereocenters. The summed E-state index contributed by atoms with van der Waals surface area (Å²) in [6.45, 7) is 2.82. The molecular weight excluding hydrogens is 286 g/mol. The summed E-state index contributed by atoms with van der Waals surface area (Å²) in [4.78, 5) is 4.55. The third-order valence-corrected chi connectivity index (χ3v) is 4.46. The van der Waals surface area contributed by atoms with Crippen molar-refractivity contribution in [2.24, 2.45) is 0 Å². The number of rotatable bonds is 5. The Hall–Kier alpha value is -2.17. The molecule has 0 atom stereocenters. The lowest BCUT2D eigenvalue weighted by atomic mass is 10.1. The van der Waals surface area contributed by atoms with Crippen LogP contribution in [0.25, 0.3) is 0 Å². The van der Waals surface area contributed by atoms with E-state index >= 15 is 0 Å². The molecule has 0 aliphatic heterocycles. The SMILES string of the molecule is Cc1ccccc1CNc1nncc(NC2CCCCCC2)n1. The number of aromatic nitrogens is 3. The lowest BCUT2D eigenvalue weighted by Gasteiger charge is -2.16. The Morgan fingerprint density at radius 1 is 1.09 bits per heavy atom. The third kappa shape index (κ3) is 4.65. The zero-order valence-electron chi connectivity index (χ0n) is 13.8. The fourth-order valence-electron chi connectivity index (χ4n) is 3.06. The van der Waals surface area contributed by atoms with E-state index in [1.165, 1.54) is 49.7 Å². The molecule has 0 radical (unpaired) electrons.